The summed E-state index contributed by atoms with van der Waals surface area (Å²) < 4.78 is 0. The van der Waals surface area contributed by atoms with Gasteiger partial charge in [0.15, 0.2) is 10.7 Å². The summed E-state index contributed by atoms with van der Waals surface area (Å²) in [6.07, 6.45) is 4.79. The van der Waals surface area contributed by atoms with Crippen LogP contribution in [0.25, 0.3) is 4.98 Å². The molecule has 0 radical (unpaired) electrons. The van der Waals surface area contributed by atoms with E-state index in [4.69, 9.17) is 5.39 Å². The molecule has 6 nitrogen and oxygen atoms in total. The number of aliphatic hydroxyl groups is 1. The summed E-state index contributed by atoms with van der Waals surface area (Å²) >= 11 is 0. The number of nitrogens with zero attached hydrogens (tertiary/aromatic N) is 3. The Bertz CT molecular complexity index is 458. The number of carbonyl (C=O) groups excluding carboxylic acids is 2. The number of hydrogen-bond donors (Lipinski definition) is 1. The summed E-state index contributed by atoms with van der Waals surface area (Å²) in [4.78, 5) is 27.9. The summed E-state index contributed by atoms with van der Waals surface area (Å²) in [5.41, 5.74) is -0.487. The van der Waals surface area contributed by atoms with Crippen LogP contribution in [-0.4, -0.2) is 27.9 Å². The zero-order valence-electron chi connectivity index (χ0n) is 11.0. The highest BCUT2D eigenvalue weighted by Gasteiger charge is 2.40. The number of likely N-dealkylation sites (tertiary alicyclic amines) is 1. The summed E-state index contributed by atoms with van der Waals surface area (Å²) in [6.45, 7) is 4.85. The third-order valence-electron chi connectivity index (χ3n) is 3.13. The maximum Gasteiger partial charge on any atom is 0.485 e. The van der Waals surface area contributed by atoms with Crippen LogP contribution in [0.5, 0.6) is 0 Å². The fraction of sp³-hybridized carbons (Fsp3) is 0.538. The molecule has 102 valence electrons. The molecule has 0 bridgehead atoms. The molecule has 1 heterocycles. The van der Waals surface area contributed by atoms with E-state index in [9.17, 15) is 14.7 Å². The van der Waals surface area contributed by atoms with Gasteiger partial charge in [-0.05, 0) is 25.7 Å². The molecule has 2 amide bonds. The van der Waals surface area contributed by atoms with Crippen molar-refractivity contribution < 1.29 is 14.7 Å². The van der Waals surface area contributed by atoms with E-state index in [-0.39, 0.29) is 11.9 Å². The van der Waals surface area contributed by atoms with Gasteiger partial charge in [0.25, 0.3) is 0 Å². The molecule has 6 heteroatoms. The minimum absolute atomic E-state index is 0.233. The first-order valence-electron chi connectivity index (χ1n) is 6.25. The van der Waals surface area contributed by atoms with Crippen molar-refractivity contribution >= 4 is 11.8 Å². The molecule has 0 saturated carbocycles. The van der Waals surface area contributed by atoms with Gasteiger partial charge in [-0.25, -0.2) is 0 Å². The Kier molecular flexibility index (Phi) is 5.24. The van der Waals surface area contributed by atoms with Gasteiger partial charge in [0, 0.05) is 19.4 Å². The normalized spacial score (nSPS) is 20.5. The third kappa shape index (κ3) is 3.41. The molecular weight excluding hydrogens is 246 g/mol. The highest BCUT2D eigenvalue weighted by atomic mass is 16.3. The topological polar surface area (TPSA) is 85.8 Å². The van der Waals surface area contributed by atoms with Gasteiger partial charge in [-0.3, -0.25) is 14.5 Å². The second kappa shape index (κ2) is 6.69. The lowest BCUT2D eigenvalue weighted by atomic mass is 9.97. The van der Waals surface area contributed by atoms with Gasteiger partial charge >= 0.3 is 11.6 Å². The van der Waals surface area contributed by atoms with E-state index < -0.39 is 17.4 Å². The molecule has 19 heavy (non-hydrogen) atoms. The van der Waals surface area contributed by atoms with Gasteiger partial charge in [-0.1, -0.05) is 6.08 Å². The first-order valence-corrected chi connectivity index (χ1v) is 6.25. The first kappa shape index (κ1) is 14.9. The average molecular weight is 264 g/mol. The van der Waals surface area contributed by atoms with Crippen molar-refractivity contribution in [2.75, 3.05) is 0 Å². The number of carbonyl (C=O) groups is 2. The van der Waals surface area contributed by atoms with Crippen LogP contribution in [-0.2, 0) is 9.59 Å². The molecule has 1 N–H and O–H groups in total. The van der Waals surface area contributed by atoms with Crippen molar-refractivity contribution in [2.45, 2.75) is 45.1 Å². The number of aliphatic hydroxyl groups excluding tert-OH is 1. The highest BCUT2D eigenvalue weighted by molar-refractivity contribution is 6.06. The molecule has 0 aliphatic carbocycles. The Hall–Kier alpha value is -2.16. The van der Waals surface area contributed by atoms with Gasteiger partial charge < -0.3 is 5.11 Å². The van der Waals surface area contributed by atoms with Crippen molar-refractivity contribution in [1.29, 1.82) is 5.39 Å². The molecular formula is C13H18N3O3+. The highest BCUT2D eigenvalue weighted by Crippen LogP contribution is 2.24. The van der Waals surface area contributed by atoms with Gasteiger partial charge in [0.1, 0.15) is 0 Å². The summed E-state index contributed by atoms with van der Waals surface area (Å²) in [5, 5.41) is 18.1. The molecule has 0 spiro atoms. The molecule has 1 aliphatic heterocycles. The molecule has 1 atom stereocenters. The van der Waals surface area contributed by atoms with Crippen LogP contribution in [0.15, 0.2) is 24.1 Å². The van der Waals surface area contributed by atoms with E-state index in [2.05, 4.69) is 11.6 Å². The van der Waals surface area contributed by atoms with Crippen molar-refractivity contribution in [2.24, 2.45) is 0 Å². The quantitative estimate of drug-likeness (QED) is 0.366. The van der Waals surface area contributed by atoms with Gasteiger partial charge in [-0.2, -0.15) is 0 Å². The Labute approximate surface area is 112 Å². The van der Waals surface area contributed by atoms with Crippen LogP contribution in [0.4, 0.5) is 0 Å². The average Bonchev–Trinajstić information content (AvgIpc) is 2.36. The van der Waals surface area contributed by atoms with E-state index in [1.807, 2.05) is 0 Å². The number of amides is 2. The molecule has 1 fully saturated rings. The number of hydrogen-bond acceptors (Lipinski definition) is 4. The lowest BCUT2D eigenvalue weighted by Crippen LogP contribution is -2.47. The molecule has 0 aromatic carbocycles. The predicted octanol–water partition coefficient (Wildman–Crippen LogP) is 2.50. The van der Waals surface area contributed by atoms with Gasteiger partial charge in [0.05, 0.1) is 0 Å². The second-order valence-electron chi connectivity index (χ2n) is 4.51. The molecule has 1 rings (SSSR count). The monoisotopic (exact) mass is 264 g/mol. The van der Waals surface area contributed by atoms with Crippen LogP contribution >= 0.6 is 0 Å². The molecule has 1 aliphatic rings. The zero-order chi connectivity index (χ0) is 14.4. The summed E-state index contributed by atoms with van der Waals surface area (Å²) in [5.74, 6) is -1.46. The van der Waals surface area contributed by atoms with E-state index in [1.165, 1.54) is 6.92 Å². The van der Waals surface area contributed by atoms with E-state index >= 15 is 0 Å². The second-order valence-corrected chi connectivity index (χ2v) is 4.51. The van der Waals surface area contributed by atoms with Gasteiger partial charge in [0.2, 0.25) is 11.3 Å². The van der Waals surface area contributed by atoms with Crippen molar-refractivity contribution in [3.8, 4) is 0 Å². The van der Waals surface area contributed by atoms with Crippen molar-refractivity contribution in [3.05, 3.63) is 29.1 Å². The Balaban J connectivity index is 3.00. The van der Waals surface area contributed by atoms with Crippen LogP contribution in [0.3, 0.4) is 0 Å². The van der Waals surface area contributed by atoms with Crippen LogP contribution in [0.1, 0.15) is 39.0 Å². The Morgan fingerprint density at radius 3 is 2.89 bits per heavy atom. The molecule has 0 aromatic rings. The van der Waals surface area contributed by atoms with E-state index in [0.29, 0.717) is 25.7 Å². The van der Waals surface area contributed by atoms with Crippen molar-refractivity contribution in [3.63, 3.8) is 0 Å². The fourth-order valence-corrected chi connectivity index (χ4v) is 2.19. The number of piperidine rings is 1. The van der Waals surface area contributed by atoms with E-state index in [0.717, 1.165) is 11.3 Å². The maximum absolute atomic E-state index is 12.2. The lowest BCUT2D eigenvalue weighted by molar-refractivity contribution is -0.147. The smallest absolute Gasteiger partial charge is 0.485 e. The number of diazo groups is 1. The minimum Gasteiger partial charge on any atom is -0.505 e. The molecule has 1 unspecified atom stereocenters. The van der Waals surface area contributed by atoms with Crippen LogP contribution in [0, 0.1) is 5.39 Å². The largest absolute Gasteiger partial charge is 0.505 e. The van der Waals surface area contributed by atoms with Crippen molar-refractivity contribution in [1.82, 2.24) is 4.90 Å². The first-order chi connectivity index (χ1) is 9.02. The van der Waals surface area contributed by atoms with E-state index in [1.54, 1.807) is 6.08 Å². The maximum atomic E-state index is 12.2. The Morgan fingerprint density at radius 2 is 2.37 bits per heavy atom. The Morgan fingerprint density at radius 1 is 1.68 bits per heavy atom. The number of rotatable bonds is 4. The summed E-state index contributed by atoms with van der Waals surface area (Å²) in [6, 6.07) is -0.233. The third-order valence-corrected chi connectivity index (χ3v) is 3.13. The molecule has 1 saturated heterocycles. The SMILES string of the molecule is C=CCCC1CCCC(=O)N1C(=O)/C([N+]#N)=C(/C)O. The van der Waals surface area contributed by atoms with Gasteiger partial charge in [-0.15, -0.1) is 6.58 Å². The molecule has 0 aromatic heterocycles. The summed E-state index contributed by atoms with van der Waals surface area (Å²) in [7, 11) is 0. The van der Waals surface area contributed by atoms with Crippen LogP contribution in [0.2, 0.25) is 0 Å². The zero-order valence-corrected chi connectivity index (χ0v) is 11.0. The number of allylic oxidation sites excluding steroid dienone is 2. The predicted molar refractivity (Wildman–Crippen MR) is 69.3 cm³/mol. The minimum atomic E-state index is -0.749. The standard InChI is InChI=1S/C13H17N3O3/c1-3-4-6-10-7-5-8-11(18)16(10)13(19)12(15-14)9(2)17/h3,10H,1,4-8H2,2H3/p+1. The fourth-order valence-electron chi connectivity index (χ4n) is 2.19. The lowest BCUT2D eigenvalue weighted by Gasteiger charge is -2.32. The van der Waals surface area contributed by atoms with Crippen LogP contribution < -0.4 is 0 Å². The number of imide groups is 1.